The predicted molar refractivity (Wildman–Crippen MR) is 108 cm³/mol. The van der Waals surface area contributed by atoms with Gasteiger partial charge in [0.15, 0.2) is 0 Å². The molecule has 0 aromatic heterocycles. The second kappa shape index (κ2) is 8.68. The summed E-state index contributed by atoms with van der Waals surface area (Å²) in [6, 6.07) is 29.5. The first-order valence-corrected chi connectivity index (χ1v) is 9.29. The van der Waals surface area contributed by atoms with Crippen molar-refractivity contribution in [3.05, 3.63) is 102 Å². The molecule has 0 fully saturated rings. The number of para-hydroxylation sites is 1. The molecule has 3 aromatic rings. The third-order valence-electron chi connectivity index (χ3n) is 5.19. The topological polar surface area (TPSA) is 23.5 Å². The van der Waals surface area contributed by atoms with Crippen LogP contribution in [0, 0.1) is 0 Å². The summed E-state index contributed by atoms with van der Waals surface area (Å²) >= 11 is 0. The number of phenols is 1. The van der Waals surface area contributed by atoms with Crippen LogP contribution in [0.15, 0.2) is 84.9 Å². The zero-order valence-corrected chi connectivity index (χ0v) is 15.5. The van der Waals surface area contributed by atoms with E-state index in [2.05, 4.69) is 79.4 Å². The Labute approximate surface area is 156 Å². The molecule has 2 atom stereocenters. The number of nitrogens with zero attached hydrogens (tertiary/aromatic N) is 1. The standard InChI is InChI=1S/C24H27NO/c1-19(21-11-5-3-6-12-21)25(20(2)22-13-7-4-8-14-22)18-17-23-15-9-10-16-24(23)26/h3-16,19-20,26H,17-18H2,1-2H3/t19-,20-/m0/s1. The summed E-state index contributed by atoms with van der Waals surface area (Å²) in [4.78, 5) is 2.51. The summed E-state index contributed by atoms with van der Waals surface area (Å²) in [6.07, 6.45) is 0.820. The van der Waals surface area contributed by atoms with Crippen molar-refractivity contribution in [3.8, 4) is 5.75 Å². The van der Waals surface area contributed by atoms with E-state index in [9.17, 15) is 5.11 Å². The van der Waals surface area contributed by atoms with E-state index in [4.69, 9.17) is 0 Å². The Hall–Kier alpha value is -2.58. The number of phenolic OH excluding ortho intramolecular Hbond substituents is 1. The van der Waals surface area contributed by atoms with E-state index in [1.165, 1.54) is 11.1 Å². The molecular formula is C24H27NO. The largest absolute Gasteiger partial charge is 0.508 e. The van der Waals surface area contributed by atoms with Gasteiger partial charge in [-0.2, -0.15) is 0 Å². The lowest BCUT2D eigenvalue weighted by Crippen LogP contribution is -2.32. The summed E-state index contributed by atoms with van der Waals surface area (Å²) in [5.41, 5.74) is 3.62. The summed E-state index contributed by atoms with van der Waals surface area (Å²) < 4.78 is 0. The fourth-order valence-corrected chi connectivity index (χ4v) is 3.54. The van der Waals surface area contributed by atoms with Crippen LogP contribution in [0.5, 0.6) is 5.75 Å². The third-order valence-corrected chi connectivity index (χ3v) is 5.19. The molecule has 0 radical (unpaired) electrons. The average Bonchev–Trinajstić information content (AvgIpc) is 2.70. The van der Waals surface area contributed by atoms with Gasteiger partial charge in [0, 0.05) is 18.6 Å². The van der Waals surface area contributed by atoms with Crippen LogP contribution >= 0.6 is 0 Å². The van der Waals surface area contributed by atoms with Crippen molar-refractivity contribution in [2.45, 2.75) is 32.4 Å². The Balaban J connectivity index is 1.84. The number of hydrogen-bond acceptors (Lipinski definition) is 2. The molecule has 2 heteroatoms. The van der Waals surface area contributed by atoms with Gasteiger partial charge in [0.25, 0.3) is 0 Å². The molecule has 0 unspecified atom stereocenters. The SMILES string of the molecule is C[C@@H](c1ccccc1)N(CCc1ccccc1O)[C@@H](C)c1ccccc1. The monoisotopic (exact) mass is 345 g/mol. The van der Waals surface area contributed by atoms with Gasteiger partial charge < -0.3 is 5.11 Å². The van der Waals surface area contributed by atoms with Gasteiger partial charge in [-0.15, -0.1) is 0 Å². The molecule has 0 saturated heterocycles. The highest BCUT2D eigenvalue weighted by Crippen LogP contribution is 2.31. The van der Waals surface area contributed by atoms with Gasteiger partial charge >= 0.3 is 0 Å². The molecule has 0 aliphatic rings. The molecule has 134 valence electrons. The molecule has 0 amide bonds. The summed E-state index contributed by atoms with van der Waals surface area (Å²) in [7, 11) is 0. The first kappa shape index (κ1) is 18.2. The maximum Gasteiger partial charge on any atom is 0.118 e. The molecule has 3 rings (SSSR count). The molecule has 0 bridgehead atoms. The first-order valence-electron chi connectivity index (χ1n) is 9.29. The van der Waals surface area contributed by atoms with E-state index in [1.807, 2.05) is 18.2 Å². The highest BCUT2D eigenvalue weighted by Gasteiger charge is 2.22. The Morgan fingerprint density at radius 1 is 0.692 bits per heavy atom. The summed E-state index contributed by atoms with van der Waals surface area (Å²) in [6.45, 7) is 5.41. The average molecular weight is 345 g/mol. The van der Waals surface area contributed by atoms with Crippen molar-refractivity contribution in [2.75, 3.05) is 6.54 Å². The van der Waals surface area contributed by atoms with Crippen LogP contribution < -0.4 is 0 Å². The predicted octanol–water partition coefficient (Wildman–Crippen LogP) is 5.76. The maximum absolute atomic E-state index is 10.1. The molecule has 0 saturated carbocycles. The number of hydrogen-bond donors (Lipinski definition) is 1. The van der Waals surface area contributed by atoms with Gasteiger partial charge in [-0.05, 0) is 43.0 Å². The third kappa shape index (κ3) is 4.33. The fourth-order valence-electron chi connectivity index (χ4n) is 3.54. The Kier molecular flexibility index (Phi) is 6.08. The Morgan fingerprint density at radius 3 is 1.65 bits per heavy atom. The minimum atomic E-state index is 0.289. The zero-order valence-electron chi connectivity index (χ0n) is 15.5. The van der Waals surface area contributed by atoms with Crippen LogP contribution in [0.1, 0.15) is 42.6 Å². The van der Waals surface area contributed by atoms with Crippen molar-refractivity contribution < 1.29 is 5.11 Å². The van der Waals surface area contributed by atoms with Crippen molar-refractivity contribution in [2.24, 2.45) is 0 Å². The van der Waals surface area contributed by atoms with Crippen LogP contribution in [-0.2, 0) is 6.42 Å². The van der Waals surface area contributed by atoms with Crippen molar-refractivity contribution >= 4 is 0 Å². The molecule has 0 heterocycles. The lowest BCUT2D eigenvalue weighted by Gasteiger charge is -2.35. The fraction of sp³-hybridized carbons (Fsp3) is 0.250. The highest BCUT2D eigenvalue weighted by molar-refractivity contribution is 5.32. The maximum atomic E-state index is 10.1. The molecule has 0 aliphatic carbocycles. The van der Waals surface area contributed by atoms with Gasteiger partial charge in [-0.1, -0.05) is 78.9 Å². The van der Waals surface area contributed by atoms with E-state index in [-0.39, 0.29) is 12.1 Å². The second-order valence-electron chi connectivity index (χ2n) is 6.79. The first-order chi connectivity index (χ1) is 12.7. The van der Waals surface area contributed by atoms with E-state index >= 15 is 0 Å². The second-order valence-corrected chi connectivity index (χ2v) is 6.79. The smallest absolute Gasteiger partial charge is 0.118 e. The Bertz CT molecular complexity index is 755. The van der Waals surface area contributed by atoms with Gasteiger partial charge in [0.1, 0.15) is 5.75 Å². The van der Waals surface area contributed by atoms with E-state index in [1.54, 1.807) is 6.07 Å². The Morgan fingerprint density at radius 2 is 1.15 bits per heavy atom. The van der Waals surface area contributed by atoms with Crippen LogP contribution in [0.2, 0.25) is 0 Å². The van der Waals surface area contributed by atoms with Crippen molar-refractivity contribution in [1.82, 2.24) is 4.90 Å². The minimum Gasteiger partial charge on any atom is -0.508 e. The van der Waals surface area contributed by atoms with E-state index in [0.717, 1.165) is 18.5 Å². The summed E-state index contributed by atoms with van der Waals surface area (Å²) in [5.74, 6) is 0.382. The van der Waals surface area contributed by atoms with E-state index < -0.39 is 0 Å². The highest BCUT2D eigenvalue weighted by atomic mass is 16.3. The normalized spacial score (nSPS) is 13.5. The van der Waals surface area contributed by atoms with Gasteiger partial charge in [0.2, 0.25) is 0 Å². The van der Waals surface area contributed by atoms with Crippen LogP contribution in [0.25, 0.3) is 0 Å². The summed E-state index contributed by atoms with van der Waals surface area (Å²) in [5, 5.41) is 10.1. The molecule has 1 N–H and O–H groups in total. The molecule has 3 aromatic carbocycles. The molecule has 0 spiro atoms. The van der Waals surface area contributed by atoms with Crippen molar-refractivity contribution in [1.29, 1.82) is 0 Å². The zero-order chi connectivity index (χ0) is 18.4. The van der Waals surface area contributed by atoms with Gasteiger partial charge in [-0.3, -0.25) is 4.90 Å². The van der Waals surface area contributed by atoms with Crippen LogP contribution in [0.4, 0.5) is 0 Å². The van der Waals surface area contributed by atoms with Crippen LogP contribution in [0.3, 0.4) is 0 Å². The number of benzene rings is 3. The molecule has 2 nitrogen and oxygen atoms in total. The number of rotatable bonds is 7. The quantitative estimate of drug-likeness (QED) is 0.588. The lowest BCUT2D eigenvalue weighted by atomic mass is 10.00. The van der Waals surface area contributed by atoms with E-state index in [0.29, 0.717) is 5.75 Å². The molecular weight excluding hydrogens is 318 g/mol. The number of aromatic hydroxyl groups is 1. The van der Waals surface area contributed by atoms with Crippen molar-refractivity contribution in [3.63, 3.8) is 0 Å². The molecule has 0 aliphatic heterocycles. The molecule has 26 heavy (non-hydrogen) atoms. The minimum absolute atomic E-state index is 0.289. The van der Waals surface area contributed by atoms with Gasteiger partial charge in [0.05, 0.1) is 0 Å². The van der Waals surface area contributed by atoms with Crippen LogP contribution in [-0.4, -0.2) is 16.6 Å². The lowest BCUT2D eigenvalue weighted by molar-refractivity contribution is 0.156. The van der Waals surface area contributed by atoms with Gasteiger partial charge in [-0.25, -0.2) is 0 Å².